The Hall–Kier alpha value is -1.15. The molecule has 3 nitrogen and oxygen atoms in total. The van der Waals surface area contributed by atoms with Gasteiger partial charge in [0.15, 0.2) is 0 Å². The first-order valence-electron chi connectivity index (χ1n) is 5.76. The summed E-state index contributed by atoms with van der Waals surface area (Å²) in [4.78, 5) is 6.86. The third-order valence-corrected chi connectivity index (χ3v) is 8.56. The molecule has 1 rings (SSSR count). The molecular weight excluding hydrogens is 333 g/mol. The Balaban J connectivity index is 3.33. The molecule has 0 amide bonds. The fourth-order valence-corrected chi connectivity index (χ4v) is 6.14. The van der Waals surface area contributed by atoms with Gasteiger partial charge >= 0.3 is 113 Å². The normalized spacial score (nSPS) is 11.9. The van der Waals surface area contributed by atoms with E-state index in [0.717, 1.165) is 5.56 Å². The first-order valence-corrected chi connectivity index (χ1v) is 15.8. The zero-order valence-corrected chi connectivity index (χ0v) is 14.4. The number of nitriles is 1. The number of nitrogens with zero attached hydrogens (tertiary/aromatic N) is 1. The summed E-state index contributed by atoms with van der Waals surface area (Å²) in [5.41, 5.74) is 1.07. The summed E-state index contributed by atoms with van der Waals surface area (Å²) < 4.78 is 11.7. The van der Waals surface area contributed by atoms with Crippen LogP contribution in [0.2, 0.25) is 14.8 Å². The Morgan fingerprint density at radius 3 is 2.22 bits per heavy atom. The van der Waals surface area contributed by atoms with E-state index in [-0.39, 0.29) is 0 Å². The molecule has 0 atom stereocenters. The first-order chi connectivity index (χ1) is 8.43. The average molecular weight is 352 g/mol. The second kappa shape index (κ2) is 6.14. The van der Waals surface area contributed by atoms with Gasteiger partial charge in [-0.1, -0.05) is 0 Å². The molecule has 0 saturated carbocycles. The van der Waals surface area contributed by atoms with E-state index in [1.807, 2.05) is 18.2 Å². The van der Waals surface area contributed by atoms with Crippen molar-refractivity contribution in [1.82, 2.24) is 0 Å². The van der Waals surface area contributed by atoms with Gasteiger partial charge in [0.05, 0.1) is 0 Å². The van der Waals surface area contributed by atoms with E-state index in [4.69, 9.17) is 14.7 Å². The van der Waals surface area contributed by atoms with Gasteiger partial charge in [0.25, 0.3) is 0 Å². The van der Waals surface area contributed by atoms with Crippen LogP contribution in [0.3, 0.4) is 0 Å². The molecule has 0 heterocycles. The van der Waals surface area contributed by atoms with E-state index in [9.17, 15) is 0 Å². The van der Waals surface area contributed by atoms with Crippen molar-refractivity contribution >= 4 is 22.0 Å². The number of rotatable bonds is 4. The Kier molecular flexibility index (Phi) is 5.09. The van der Waals surface area contributed by atoms with Crippen molar-refractivity contribution in [3.63, 3.8) is 0 Å². The maximum absolute atomic E-state index is 8.94. The minimum atomic E-state index is -2.32. The standard InChI is InChI=1S/C11H10NO2.3CH3.Sn/c1-13-10-6-5-9(4-3-7-12)8-11(10)14-2;;;;/h3,5-6,8H,1-2H3;3*1H3;. The van der Waals surface area contributed by atoms with Crippen molar-refractivity contribution in [3.05, 3.63) is 29.8 Å². The number of benzene rings is 1. The van der Waals surface area contributed by atoms with E-state index in [2.05, 4.69) is 20.9 Å². The third kappa shape index (κ3) is 3.42. The van der Waals surface area contributed by atoms with Crippen LogP contribution in [0.1, 0.15) is 5.56 Å². The van der Waals surface area contributed by atoms with E-state index in [1.165, 1.54) is 3.59 Å². The van der Waals surface area contributed by atoms with Crippen molar-refractivity contribution in [3.8, 4) is 17.6 Å². The molecule has 1 aromatic carbocycles. The predicted molar refractivity (Wildman–Crippen MR) is 76.5 cm³/mol. The van der Waals surface area contributed by atoms with Crippen LogP contribution in [0.4, 0.5) is 0 Å². The molecule has 96 valence electrons. The van der Waals surface area contributed by atoms with Crippen LogP contribution in [-0.2, 0) is 0 Å². The van der Waals surface area contributed by atoms with Gasteiger partial charge in [-0.05, 0) is 0 Å². The topological polar surface area (TPSA) is 42.2 Å². The maximum atomic E-state index is 8.94. The molecule has 18 heavy (non-hydrogen) atoms. The van der Waals surface area contributed by atoms with Crippen LogP contribution in [0.15, 0.2) is 24.3 Å². The fourth-order valence-electron chi connectivity index (χ4n) is 1.80. The SMILES string of the molecule is COc1ccc(/[C](=C\C#N)[Sn]([CH3])([CH3])[CH3])cc1OC. The van der Waals surface area contributed by atoms with Crippen LogP contribution in [0.25, 0.3) is 3.59 Å². The minimum absolute atomic E-state index is 0.703. The number of ether oxygens (including phenoxy) is 2. The summed E-state index contributed by atoms with van der Waals surface area (Å²) in [5, 5.41) is 8.94. The van der Waals surface area contributed by atoms with Gasteiger partial charge in [-0.25, -0.2) is 0 Å². The molecule has 0 aliphatic rings. The summed E-state index contributed by atoms with van der Waals surface area (Å²) >= 11 is -2.32. The van der Waals surface area contributed by atoms with Crippen LogP contribution < -0.4 is 9.47 Å². The molecule has 0 aliphatic heterocycles. The first kappa shape index (κ1) is 14.9. The van der Waals surface area contributed by atoms with Gasteiger partial charge in [-0.3, -0.25) is 0 Å². The van der Waals surface area contributed by atoms with Crippen molar-refractivity contribution in [2.24, 2.45) is 0 Å². The van der Waals surface area contributed by atoms with E-state index in [0.29, 0.717) is 11.5 Å². The van der Waals surface area contributed by atoms with Gasteiger partial charge in [-0.15, -0.1) is 0 Å². The van der Waals surface area contributed by atoms with E-state index in [1.54, 1.807) is 20.3 Å². The molecular formula is C14H19NO2Sn. The number of hydrogen-bond donors (Lipinski definition) is 0. The van der Waals surface area contributed by atoms with Crippen molar-refractivity contribution in [2.75, 3.05) is 14.2 Å². The Morgan fingerprint density at radius 1 is 1.17 bits per heavy atom. The molecule has 1 aromatic rings. The molecule has 0 aromatic heterocycles. The van der Waals surface area contributed by atoms with Gasteiger partial charge in [0.2, 0.25) is 0 Å². The number of methoxy groups -OCH3 is 2. The summed E-state index contributed by atoms with van der Waals surface area (Å²) in [5.74, 6) is 1.41. The molecule has 0 bridgehead atoms. The van der Waals surface area contributed by atoms with Crippen molar-refractivity contribution < 1.29 is 9.47 Å². The van der Waals surface area contributed by atoms with Gasteiger partial charge in [0, 0.05) is 0 Å². The summed E-state index contributed by atoms with van der Waals surface area (Å²) in [6.45, 7) is 0. The summed E-state index contributed by atoms with van der Waals surface area (Å²) in [7, 11) is 3.24. The molecule has 0 saturated heterocycles. The molecule has 0 fully saturated rings. The molecule has 0 radical (unpaired) electrons. The van der Waals surface area contributed by atoms with Gasteiger partial charge < -0.3 is 0 Å². The second-order valence-corrected chi connectivity index (χ2v) is 19.4. The Labute approximate surface area is 113 Å². The Morgan fingerprint density at radius 2 is 1.78 bits per heavy atom. The third-order valence-electron chi connectivity index (χ3n) is 2.71. The Bertz CT molecular complexity index is 495. The second-order valence-electron chi connectivity index (χ2n) is 5.01. The molecule has 4 heteroatoms. The monoisotopic (exact) mass is 353 g/mol. The molecule has 0 spiro atoms. The zero-order chi connectivity index (χ0) is 13.8. The predicted octanol–water partition coefficient (Wildman–Crippen LogP) is 3.49. The van der Waals surface area contributed by atoms with Gasteiger partial charge in [0.1, 0.15) is 0 Å². The number of allylic oxidation sites excluding steroid dienone is 1. The van der Waals surface area contributed by atoms with Crippen LogP contribution in [-0.4, -0.2) is 32.6 Å². The summed E-state index contributed by atoms with van der Waals surface area (Å²) in [6.07, 6.45) is 1.68. The van der Waals surface area contributed by atoms with Crippen LogP contribution in [0, 0.1) is 11.3 Å². The average Bonchev–Trinajstić information content (AvgIpc) is 2.33. The van der Waals surface area contributed by atoms with Gasteiger partial charge in [-0.2, -0.15) is 0 Å². The van der Waals surface area contributed by atoms with Crippen LogP contribution in [0.5, 0.6) is 11.5 Å². The fraction of sp³-hybridized carbons (Fsp3) is 0.357. The van der Waals surface area contributed by atoms with Crippen molar-refractivity contribution in [2.45, 2.75) is 14.8 Å². The summed E-state index contributed by atoms with van der Waals surface area (Å²) in [6, 6.07) is 7.98. The quantitative estimate of drug-likeness (QED) is 0.616. The molecule has 0 aliphatic carbocycles. The molecule has 0 unspecified atom stereocenters. The number of hydrogen-bond acceptors (Lipinski definition) is 3. The van der Waals surface area contributed by atoms with E-state index < -0.39 is 18.4 Å². The molecule has 0 N–H and O–H groups in total. The van der Waals surface area contributed by atoms with Crippen LogP contribution >= 0.6 is 0 Å². The zero-order valence-electron chi connectivity index (χ0n) is 11.6. The van der Waals surface area contributed by atoms with Crippen molar-refractivity contribution in [1.29, 1.82) is 5.26 Å². The van der Waals surface area contributed by atoms with E-state index >= 15 is 0 Å².